The second kappa shape index (κ2) is 5.76. The van der Waals surface area contributed by atoms with Gasteiger partial charge in [0.2, 0.25) is 5.91 Å². The van der Waals surface area contributed by atoms with E-state index < -0.39 is 0 Å². The highest BCUT2D eigenvalue weighted by molar-refractivity contribution is 5.92. The molecule has 0 aromatic carbocycles. The summed E-state index contributed by atoms with van der Waals surface area (Å²) in [6.45, 7) is 1.46. The van der Waals surface area contributed by atoms with Crippen molar-refractivity contribution in [3.63, 3.8) is 0 Å². The van der Waals surface area contributed by atoms with Crippen LogP contribution < -0.4 is 5.32 Å². The second-order valence-corrected chi connectivity index (χ2v) is 7.38. The molecule has 1 aromatic rings. The zero-order chi connectivity index (χ0) is 16.7. The van der Waals surface area contributed by atoms with Gasteiger partial charge in [-0.05, 0) is 44.1 Å². The van der Waals surface area contributed by atoms with E-state index in [1.807, 2.05) is 4.90 Å². The summed E-state index contributed by atoms with van der Waals surface area (Å²) >= 11 is 0. The van der Waals surface area contributed by atoms with Gasteiger partial charge >= 0.3 is 0 Å². The molecule has 24 heavy (non-hydrogen) atoms. The van der Waals surface area contributed by atoms with Crippen LogP contribution in [0.3, 0.4) is 0 Å². The van der Waals surface area contributed by atoms with Crippen LogP contribution in [-0.2, 0) is 11.8 Å². The molecule has 0 spiro atoms. The van der Waals surface area contributed by atoms with E-state index in [9.17, 15) is 9.59 Å². The fourth-order valence-corrected chi connectivity index (χ4v) is 4.06. The number of carbonyl (C=O) groups excluding carboxylic acids is 2. The van der Waals surface area contributed by atoms with Gasteiger partial charge in [0.15, 0.2) is 0 Å². The van der Waals surface area contributed by atoms with Crippen LogP contribution in [0.1, 0.15) is 49.0 Å². The number of nitrogens with zero attached hydrogens (tertiary/aromatic N) is 3. The zero-order valence-electron chi connectivity index (χ0n) is 14.1. The van der Waals surface area contributed by atoms with Crippen LogP contribution in [-0.4, -0.2) is 39.6 Å². The molecule has 0 radical (unpaired) electrons. The van der Waals surface area contributed by atoms with E-state index in [1.54, 1.807) is 24.0 Å². The molecular weight excluding hydrogens is 304 g/mol. The summed E-state index contributed by atoms with van der Waals surface area (Å²) in [5.41, 5.74) is 1.66. The molecule has 1 aromatic heterocycles. The Kier molecular flexibility index (Phi) is 3.70. The first-order chi connectivity index (χ1) is 11.6. The molecule has 1 atom stereocenters. The summed E-state index contributed by atoms with van der Waals surface area (Å²) in [6.07, 6.45) is 9.76. The summed E-state index contributed by atoms with van der Waals surface area (Å²) in [5, 5.41) is 7.13. The van der Waals surface area contributed by atoms with Crippen molar-refractivity contribution in [2.24, 2.45) is 18.4 Å². The first-order valence-corrected chi connectivity index (χ1v) is 8.86. The maximum Gasteiger partial charge on any atom is 0.269 e. The Labute approximate surface area is 141 Å². The lowest BCUT2D eigenvalue weighted by atomic mass is 9.76. The molecule has 2 fully saturated rings. The molecule has 128 valence electrons. The zero-order valence-corrected chi connectivity index (χ0v) is 14.1. The maximum absolute atomic E-state index is 12.4. The number of hydrogen-bond acceptors (Lipinski definition) is 3. The highest BCUT2D eigenvalue weighted by atomic mass is 16.2. The lowest BCUT2D eigenvalue weighted by Crippen LogP contribution is -2.48. The summed E-state index contributed by atoms with van der Waals surface area (Å²) in [4.78, 5) is 26.8. The number of hydrogen-bond donors (Lipinski definition) is 1. The van der Waals surface area contributed by atoms with Crippen LogP contribution in [0.15, 0.2) is 24.0 Å². The van der Waals surface area contributed by atoms with E-state index in [4.69, 9.17) is 0 Å². The molecule has 2 amide bonds. The number of allylic oxidation sites excluding steroid dienone is 1. The van der Waals surface area contributed by atoms with Gasteiger partial charge in [-0.3, -0.25) is 14.3 Å². The van der Waals surface area contributed by atoms with E-state index in [-0.39, 0.29) is 17.2 Å². The monoisotopic (exact) mass is 328 g/mol. The van der Waals surface area contributed by atoms with Crippen LogP contribution in [0.25, 0.3) is 0 Å². The van der Waals surface area contributed by atoms with Crippen molar-refractivity contribution in [3.05, 3.63) is 29.7 Å². The largest absolute Gasteiger partial charge is 0.350 e. The Morgan fingerprint density at radius 2 is 2.25 bits per heavy atom. The third-order valence-electron chi connectivity index (χ3n) is 5.69. The van der Waals surface area contributed by atoms with Crippen LogP contribution >= 0.6 is 0 Å². The molecule has 6 nitrogen and oxygen atoms in total. The molecule has 4 rings (SSSR count). The third kappa shape index (κ3) is 2.64. The predicted molar refractivity (Wildman–Crippen MR) is 89.0 cm³/mol. The van der Waals surface area contributed by atoms with E-state index in [0.717, 1.165) is 31.5 Å². The molecule has 0 bridgehead atoms. The number of fused-ring (bicyclic) bond motifs is 1. The van der Waals surface area contributed by atoms with E-state index in [2.05, 4.69) is 16.5 Å². The Hall–Kier alpha value is -2.11. The summed E-state index contributed by atoms with van der Waals surface area (Å²) < 4.78 is 1.59. The molecule has 2 aliphatic carbocycles. The minimum atomic E-state index is -0.0960. The average molecular weight is 328 g/mol. The quantitative estimate of drug-likeness (QED) is 0.897. The number of piperidine rings is 1. The van der Waals surface area contributed by atoms with Gasteiger partial charge in [-0.15, -0.1) is 0 Å². The second-order valence-electron chi connectivity index (χ2n) is 7.38. The van der Waals surface area contributed by atoms with Crippen LogP contribution in [0.2, 0.25) is 0 Å². The topological polar surface area (TPSA) is 67.2 Å². The van der Waals surface area contributed by atoms with Crippen molar-refractivity contribution in [2.45, 2.75) is 38.5 Å². The Morgan fingerprint density at radius 1 is 1.42 bits per heavy atom. The summed E-state index contributed by atoms with van der Waals surface area (Å²) in [5.74, 6) is 0.834. The van der Waals surface area contributed by atoms with Crippen LogP contribution in [0.5, 0.6) is 0 Å². The van der Waals surface area contributed by atoms with Crippen molar-refractivity contribution in [1.82, 2.24) is 20.0 Å². The molecule has 1 unspecified atom stereocenters. The van der Waals surface area contributed by atoms with Gasteiger partial charge in [-0.2, -0.15) is 5.10 Å². The van der Waals surface area contributed by atoms with Gasteiger partial charge < -0.3 is 10.2 Å². The maximum atomic E-state index is 12.4. The number of aryl methyl sites for hydroxylation is 1. The van der Waals surface area contributed by atoms with E-state index >= 15 is 0 Å². The van der Waals surface area contributed by atoms with Gasteiger partial charge in [-0.1, -0.05) is 6.08 Å². The molecule has 1 saturated heterocycles. The first-order valence-electron chi connectivity index (χ1n) is 8.86. The third-order valence-corrected chi connectivity index (χ3v) is 5.69. The molecule has 1 saturated carbocycles. The smallest absolute Gasteiger partial charge is 0.269 e. The number of carbonyl (C=O) groups is 2. The van der Waals surface area contributed by atoms with Crippen LogP contribution in [0.4, 0.5) is 0 Å². The van der Waals surface area contributed by atoms with Crippen molar-refractivity contribution in [1.29, 1.82) is 0 Å². The summed E-state index contributed by atoms with van der Waals surface area (Å²) in [7, 11) is 1.77. The highest BCUT2D eigenvalue weighted by Gasteiger charge is 2.46. The molecular formula is C18H24N4O2. The number of amides is 2. The first kappa shape index (κ1) is 15.4. The van der Waals surface area contributed by atoms with Gasteiger partial charge in [0, 0.05) is 43.9 Å². The normalized spacial score (nSPS) is 26.3. The lowest BCUT2D eigenvalue weighted by Gasteiger charge is -2.42. The Bertz CT molecular complexity index is 704. The Morgan fingerprint density at radius 3 is 2.96 bits per heavy atom. The van der Waals surface area contributed by atoms with Gasteiger partial charge in [0.1, 0.15) is 5.69 Å². The molecule has 1 aliphatic heterocycles. The minimum absolute atomic E-state index is 0.0724. The van der Waals surface area contributed by atoms with Crippen molar-refractivity contribution < 1.29 is 9.59 Å². The Balaban J connectivity index is 1.49. The molecule has 6 heteroatoms. The minimum Gasteiger partial charge on any atom is -0.350 e. The summed E-state index contributed by atoms with van der Waals surface area (Å²) in [6, 6.07) is 1.72. The fourth-order valence-electron chi connectivity index (χ4n) is 4.06. The fraction of sp³-hybridized carbons (Fsp3) is 0.611. The van der Waals surface area contributed by atoms with Crippen molar-refractivity contribution >= 4 is 11.8 Å². The predicted octanol–water partition coefficient (Wildman–Crippen LogP) is 1.85. The van der Waals surface area contributed by atoms with Crippen molar-refractivity contribution in [2.75, 3.05) is 13.1 Å². The standard InChI is InChI=1S/C18H24N4O2/c1-21-14(7-10-20-21)17(24)19-12-18-8-2-3-15(18)22(11-13-4-5-13)16(23)6-9-18/h3,7,10,13H,2,4-6,8-9,11-12H2,1H3,(H,19,24). The molecule has 2 heterocycles. The lowest BCUT2D eigenvalue weighted by molar-refractivity contribution is -0.133. The molecule has 3 aliphatic rings. The van der Waals surface area contributed by atoms with Gasteiger partial charge in [0.25, 0.3) is 5.91 Å². The average Bonchev–Trinajstić information content (AvgIpc) is 3.12. The van der Waals surface area contributed by atoms with Gasteiger partial charge in [0.05, 0.1) is 0 Å². The van der Waals surface area contributed by atoms with Crippen LogP contribution in [0, 0.1) is 11.3 Å². The number of rotatable bonds is 5. The molecule has 1 N–H and O–H groups in total. The number of aromatic nitrogens is 2. The number of likely N-dealkylation sites (tertiary alicyclic amines) is 1. The van der Waals surface area contributed by atoms with E-state index in [1.165, 1.54) is 12.8 Å². The van der Waals surface area contributed by atoms with Crippen molar-refractivity contribution in [3.8, 4) is 0 Å². The SMILES string of the molecule is Cn1nccc1C(=O)NCC12CCC=C1N(CC1CC1)C(=O)CC2. The van der Waals surface area contributed by atoms with E-state index in [0.29, 0.717) is 24.6 Å². The van der Waals surface area contributed by atoms with Gasteiger partial charge in [-0.25, -0.2) is 0 Å². The number of nitrogens with one attached hydrogen (secondary N) is 1. The highest BCUT2D eigenvalue weighted by Crippen LogP contribution is 2.48.